The zero-order valence-corrected chi connectivity index (χ0v) is 18.5. The molecule has 0 aromatic heterocycles. The van der Waals surface area contributed by atoms with Gasteiger partial charge in [0.2, 0.25) is 0 Å². The third kappa shape index (κ3) is 9.88. The zero-order chi connectivity index (χ0) is 19.0. The second-order valence-electron chi connectivity index (χ2n) is 8.56. The molecule has 0 aliphatic carbocycles. The summed E-state index contributed by atoms with van der Waals surface area (Å²) in [5.74, 6) is 0. The van der Waals surface area contributed by atoms with E-state index in [2.05, 4.69) is 49.9 Å². The van der Waals surface area contributed by atoms with Gasteiger partial charge in [0.15, 0.2) is 0 Å². The fraction of sp³-hybridized carbons (Fsp3) is 0.917. The van der Waals surface area contributed by atoms with Gasteiger partial charge in [0, 0.05) is 25.0 Å². The molecule has 0 spiro atoms. The van der Waals surface area contributed by atoms with E-state index >= 15 is 0 Å². The van der Waals surface area contributed by atoms with E-state index in [0.717, 1.165) is 0 Å². The van der Waals surface area contributed by atoms with Crippen molar-refractivity contribution in [2.24, 2.45) is 0 Å². The van der Waals surface area contributed by atoms with Crippen molar-refractivity contribution >= 4 is 0 Å². The van der Waals surface area contributed by atoms with Crippen LogP contribution in [0.2, 0.25) is 0 Å². The van der Waals surface area contributed by atoms with Crippen molar-refractivity contribution in [2.45, 2.75) is 136 Å². The van der Waals surface area contributed by atoms with Gasteiger partial charge < -0.3 is 9.80 Å². The van der Waals surface area contributed by atoms with Gasteiger partial charge in [-0.1, -0.05) is 97.3 Å². The van der Waals surface area contributed by atoms with Crippen molar-refractivity contribution in [3.63, 3.8) is 0 Å². The Morgan fingerprint density at radius 3 is 1.54 bits per heavy atom. The fourth-order valence-corrected chi connectivity index (χ4v) is 4.21. The highest BCUT2D eigenvalue weighted by atomic mass is 15.4. The molecule has 0 fully saturated rings. The van der Waals surface area contributed by atoms with Gasteiger partial charge in [-0.2, -0.15) is 0 Å². The maximum Gasteiger partial charge on any atom is 0.101 e. The Labute approximate surface area is 165 Å². The standard InChI is InChI=1S/C24H48N2/c1-5-7-8-9-10-11-12-13-14-15-16-17-18-19-20-25-21-22-26(23(3)4)24(25)6-2/h21-24H,5-20H2,1-4H3. The molecule has 0 amide bonds. The van der Waals surface area contributed by atoms with E-state index in [0.29, 0.717) is 12.2 Å². The van der Waals surface area contributed by atoms with Crippen molar-refractivity contribution in [2.75, 3.05) is 6.54 Å². The van der Waals surface area contributed by atoms with Crippen LogP contribution in [-0.2, 0) is 0 Å². The molecule has 2 nitrogen and oxygen atoms in total. The first-order chi connectivity index (χ1) is 12.7. The van der Waals surface area contributed by atoms with E-state index in [1.807, 2.05) is 0 Å². The number of nitrogens with zero attached hydrogens (tertiary/aromatic N) is 2. The number of hydrogen-bond acceptors (Lipinski definition) is 2. The lowest BCUT2D eigenvalue weighted by Gasteiger charge is -2.34. The molecular weight excluding hydrogens is 316 g/mol. The average molecular weight is 365 g/mol. The first-order valence-corrected chi connectivity index (χ1v) is 11.9. The molecule has 1 rings (SSSR count). The highest BCUT2D eigenvalue weighted by molar-refractivity contribution is 4.97. The summed E-state index contributed by atoms with van der Waals surface area (Å²) in [5.41, 5.74) is 0. The van der Waals surface area contributed by atoms with Gasteiger partial charge in [-0.25, -0.2) is 0 Å². The lowest BCUT2D eigenvalue weighted by Crippen LogP contribution is -2.41. The predicted molar refractivity (Wildman–Crippen MR) is 117 cm³/mol. The lowest BCUT2D eigenvalue weighted by atomic mass is 10.0. The minimum absolute atomic E-state index is 0.594. The minimum atomic E-state index is 0.594. The maximum absolute atomic E-state index is 2.56. The Bertz CT molecular complexity index is 337. The van der Waals surface area contributed by atoms with Crippen LogP contribution in [0.4, 0.5) is 0 Å². The summed E-state index contributed by atoms with van der Waals surface area (Å²) < 4.78 is 0. The summed E-state index contributed by atoms with van der Waals surface area (Å²) in [4.78, 5) is 5.06. The molecule has 0 saturated heterocycles. The Morgan fingerprint density at radius 1 is 0.654 bits per heavy atom. The van der Waals surface area contributed by atoms with Gasteiger partial charge in [0.05, 0.1) is 0 Å². The summed E-state index contributed by atoms with van der Waals surface area (Å²) in [5, 5.41) is 0. The third-order valence-electron chi connectivity index (χ3n) is 5.89. The van der Waals surface area contributed by atoms with Gasteiger partial charge in [-0.05, 0) is 26.7 Å². The Kier molecular flexibility index (Phi) is 13.9. The molecule has 26 heavy (non-hydrogen) atoms. The normalized spacial score (nSPS) is 17.0. The van der Waals surface area contributed by atoms with Gasteiger partial charge >= 0.3 is 0 Å². The van der Waals surface area contributed by atoms with E-state index in [1.54, 1.807) is 0 Å². The molecule has 1 atom stereocenters. The molecule has 1 heterocycles. The van der Waals surface area contributed by atoms with Crippen LogP contribution < -0.4 is 0 Å². The first kappa shape index (κ1) is 23.4. The fourth-order valence-electron chi connectivity index (χ4n) is 4.21. The van der Waals surface area contributed by atoms with Crippen LogP contribution in [0.3, 0.4) is 0 Å². The lowest BCUT2D eigenvalue weighted by molar-refractivity contribution is 0.121. The number of hydrogen-bond donors (Lipinski definition) is 0. The number of unbranched alkanes of at least 4 members (excludes halogenated alkanes) is 13. The Hall–Kier alpha value is -0.660. The van der Waals surface area contributed by atoms with Crippen LogP contribution in [-0.4, -0.2) is 28.6 Å². The molecule has 154 valence electrons. The molecule has 0 N–H and O–H groups in total. The molecule has 0 aromatic carbocycles. The van der Waals surface area contributed by atoms with Gasteiger partial charge in [-0.15, -0.1) is 0 Å². The van der Waals surface area contributed by atoms with E-state index in [9.17, 15) is 0 Å². The highest BCUT2D eigenvalue weighted by Gasteiger charge is 2.25. The van der Waals surface area contributed by atoms with Gasteiger partial charge in [0.25, 0.3) is 0 Å². The molecule has 2 heteroatoms. The molecule has 1 aliphatic rings. The quantitative estimate of drug-likeness (QED) is 0.244. The van der Waals surface area contributed by atoms with Crippen LogP contribution in [0.1, 0.15) is 124 Å². The van der Waals surface area contributed by atoms with Crippen LogP contribution >= 0.6 is 0 Å². The molecule has 1 aliphatic heterocycles. The largest absolute Gasteiger partial charge is 0.356 e. The van der Waals surface area contributed by atoms with Crippen molar-refractivity contribution in [3.05, 3.63) is 12.4 Å². The second kappa shape index (κ2) is 15.4. The molecule has 0 aromatic rings. The highest BCUT2D eigenvalue weighted by Crippen LogP contribution is 2.22. The van der Waals surface area contributed by atoms with Crippen LogP contribution in [0.25, 0.3) is 0 Å². The topological polar surface area (TPSA) is 6.48 Å². The molecule has 0 radical (unpaired) electrons. The second-order valence-corrected chi connectivity index (χ2v) is 8.56. The summed E-state index contributed by atoms with van der Waals surface area (Å²) in [6.07, 6.45) is 26.6. The van der Waals surface area contributed by atoms with Crippen molar-refractivity contribution in [3.8, 4) is 0 Å². The number of rotatable bonds is 17. The van der Waals surface area contributed by atoms with E-state index < -0.39 is 0 Å². The van der Waals surface area contributed by atoms with E-state index in [1.165, 1.54) is 103 Å². The summed E-state index contributed by atoms with van der Waals surface area (Å²) >= 11 is 0. The van der Waals surface area contributed by atoms with Gasteiger partial charge in [0.1, 0.15) is 6.17 Å². The summed E-state index contributed by atoms with van der Waals surface area (Å²) in [6, 6.07) is 0.609. The molecule has 0 saturated carbocycles. The Morgan fingerprint density at radius 2 is 1.12 bits per heavy atom. The van der Waals surface area contributed by atoms with E-state index in [4.69, 9.17) is 0 Å². The van der Waals surface area contributed by atoms with Crippen LogP contribution in [0, 0.1) is 0 Å². The first-order valence-electron chi connectivity index (χ1n) is 11.9. The summed E-state index contributed by atoms with van der Waals surface area (Å²) in [6.45, 7) is 10.4. The van der Waals surface area contributed by atoms with Crippen molar-refractivity contribution in [1.29, 1.82) is 0 Å². The third-order valence-corrected chi connectivity index (χ3v) is 5.89. The smallest absolute Gasteiger partial charge is 0.101 e. The predicted octanol–water partition coefficient (Wildman–Crippen LogP) is 7.70. The van der Waals surface area contributed by atoms with Crippen LogP contribution in [0.15, 0.2) is 12.4 Å². The minimum Gasteiger partial charge on any atom is -0.356 e. The van der Waals surface area contributed by atoms with E-state index in [-0.39, 0.29) is 0 Å². The maximum atomic E-state index is 2.56. The van der Waals surface area contributed by atoms with Gasteiger partial charge in [-0.3, -0.25) is 0 Å². The Balaban J connectivity index is 1.87. The van der Waals surface area contributed by atoms with Crippen LogP contribution in [0.5, 0.6) is 0 Å². The van der Waals surface area contributed by atoms with Crippen molar-refractivity contribution in [1.82, 2.24) is 9.80 Å². The molecule has 1 unspecified atom stereocenters. The SMILES string of the molecule is CCCCCCCCCCCCCCCCN1C=CN(C(C)C)C1CC. The average Bonchev–Trinajstić information content (AvgIpc) is 3.05. The molecular formula is C24H48N2. The van der Waals surface area contributed by atoms with Crippen molar-refractivity contribution < 1.29 is 0 Å². The zero-order valence-electron chi connectivity index (χ0n) is 18.5. The monoisotopic (exact) mass is 364 g/mol. The molecule has 0 bridgehead atoms. The summed E-state index contributed by atoms with van der Waals surface area (Å²) in [7, 11) is 0.